The van der Waals surface area contributed by atoms with E-state index < -0.39 is 17.1 Å². The van der Waals surface area contributed by atoms with Crippen LogP contribution < -0.4 is 11.2 Å². The van der Waals surface area contributed by atoms with Gasteiger partial charge in [-0.25, -0.2) is 4.79 Å². The minimum Gasteiger partial charge on any atom is -0.494 e. The Morgan fingerprint density at radius 2 is 1.94 bits per heavy atom. The average Bonchev–Trinajstić information content (AvgIpc) is 2.32. The maximum atomic E-state index is 11.4. The van der Waals surface area contributed by atoms with Crippen LogP contribution >= 0.6 is 0 Å². The van der Waals surface area contributed by atoms with Gasteiger partial charge in [0.2, 0.25) is 5.88 Å². The van der Waals surface area contributed by atoms with Crippen LogP contribution in [0, 0.1) is 0 Å². The standard InChI is InChI=1S/C11H18N4O3/c1-3-15(4-2)6-5-12-7-8-9(16)13-11(18)14-10(8)17/h7H,3-6H2,1-2H3,(H3,13,14,16,17,18). The van der Waals surface area contributed by atoms with Gasteiger partial charge in [-0.1, -0.05) is 13.8 Å². The van der Waals surface area contributed by atoms with Gasteiger partial charge in [0.15, 0.2) is 0 Å². The zero-order valence-electron chi connectivity index (χ0n) is 10.6. The van der Waals surface area contributed by atoms with Gasteiger partial charge in [-0.05, 0) is 13.1 Å². The largest absolute Gasteiger partial charge is 0.494 e. The summed E-state index contributed by atoms with van der Waals surface area (Å²) in [6.07, 6.45) is 1.27. The van der Waals surface area contributed by atoms with Crippen LogP contribution in [-0.2, 0) is 0 Å². The molecule has 0 aromatic carbocycles. The predicted molar refractivity (Wildman–Crippen MR) is 69.6 cm³/mol. The van der Waals surface area contributed by atoms with E-state index in [-0.39, 0.29) is 5.56 Å². The molecule has 7 nitrogen and oxygen atoms in total. The minimum atomic E-state index is -0.738. The number of nitrogens with one attached hydrogen (secondary N) is 2. The van der Waals surface area contributed by atoms with E-state index in [0.717, 1.165) is 19.6 Å². The second-order valence-electron chi connectivity index (χ2n) is 3.73. The monoisotopic (exact) mass is 254 g/mol. The molecule has 7 heteroatoms. The molecule has 0 bridgehead atoms. The Morgan fingerprint density at radius 3 is 2.50 bits per heavy atom. The summed E-state index contributed by atoms with van der Waals surface area (Å²) in [6, 6.07) is 0. The van der Waals surface area contributed by atoms with Crippen molar-refractivity contribution in [3.63, 3.8) is 0 Å². The molecule has 3 N–H and O–H groups in total. The Balaban J connectivity index is 2.68. The van der Waals surface area contributed by atoms with Crippen LogP contribution in [0.5, 0.6) is 5.88 Å². The summed E-state index contributed by atoms with van der Waals surface area (Å²) in [7, 11) is 0. The average molecular weight is 254 g/mol. The first kappa shape index (κ1) is 14.2. The number of aromatic nitrogens is 2. The van der Waals surface area contributed by atoms with E-state index in [1.807, 2.05) is 4.98 Å². The first-order valence-electron chi connectivity index (χ1n) is 5.86. The predicted octanol–water partition coefficient (Wildman–Crippen LogP) is -0.470. The van der Waals surface area contributed by atoms with Gasteiger partial charge in [-0.2, -0.15) is 0 Å². The lowest BCUT2D eigenvalue weighted by atomic mass is 10.3. The number of aromatic hydroxyl groups is 1. The molecule has 100 valence electrons. The molecule has 0 aliphatic heterocycles. The second-order valence-corrected chi connectivity index (χ2v) is 3.73. The molecule has 0 saturated heterocycles. The van der Waals surface area contributed by atoms with Crippen LogP contribution in [0.2, 0.25) is 0 Å². The fourth-order valence-electron chi connectivity index (χ4n) is 1.50. The minimum absolute atomic E-state index is 0.0332. The fraction of sp³-hybridized carbons (Fsp3) is 0.545. The van der Waals surface area contributed by atoms with Crippen molar-refractivity contribution in [1.29, 1.82) is 0 Å². The second kappa shape index (κ2) is 6.75. The van der Waals surface area contributed by atoms with Gasteiger partial charge >= 0.3 is 5.69 Å². The number of aliphatic imine (C=N–C) groups is 1. The molecular weight excluding hydrogens is 236 g/mol. The van der Waals surface area contributed by atoms with Crippen LogP contribution in [0.4, 0.5) is 0 Å². The number of rotatable bonds is 6. The van der Waals surface area contributed by atoms with Crippen molar-refractivity contribution in [3.8, 4) is 5.88 Å². The first-order valence-corrected chi connectivity index (χ1v) is 5.86. The van der Waals surface area contributed by atoms with E-state index in [1.54, 1.807) is 0 Å². The van der Waals surface area contributed by atoms with Crippen LogP contribution in [-0.4, -0.2) is 52.4 Å². The van der Waals surface area contributed by atoms with Gasteiger partial charge in [-0.15, -0.1) is 0 Å². The van der Waals surface area contributed by atoms with Gasteiger partial charge in [0.25, 0.3) is 5.56 Å². The number of H-pyrrole nitrogens is 2. The van der Waals surface area contributed by atoms with Gasteiger partial charge in [-0.3, -0.25) is 19.8 Å². The van der Waals surface area contributed by atoms with E-state index >= 15 is 0 Å². The third kappa shape index (κ3) is 3.85. The van der Waals surface area contributed by atoms with Crippen molar-refractivity contribution in [2.45, 2.75) is 13.8 Å². The highest BCUT2D eigenvalue weighted by molar-refractivity contribution is 5.81. The van der Waals surface area contributed by atoms with Crippen LogP contribution in [0.3, 0.4) is 0 Å². The number of hydrogen-bond donors (Lipinski definition) is 3. The van der Waals surface area contributed by atoms with Gasteiger partial charge in [0.05, 0.1) is 6.54 Å². The molecular formula is C11H18N4O3. The molecule has 0 saturated carbocycles. The summed E-state index contributed by atoms with van der Waals surface area (Å²) in [5, 5.41) is 9.40. The Hall–Kier alpha value is -1.89. The summed E-state index contributed by atoms with van der Waals surface area (Å²) in [4.78, 5) is 32.6. The molecule has 1 aromatic heterocycles. The SMILES string of the molecule is CCN(CC)CCN=Cc1c(O)[nH]c(=O)[nH]c1=O. The Morgan fingerprint density at radius 1 is 1.28 bits per heavy atom. The van der Waals surface area contributed by atoms with Crippen molar-refractivity contribution in [3.05, 3.63) is 26.4 Å². The quantitative estimate of drug-likeness (QED) is 0.597. The molecule has 1 rings (SSSR count). The summed E-state index contributed by atoms with van der Waals surface area (Å²) in [5.74, 6) is -0.463. The van der Waals surface area contributed by atoms with Crippen molar-refractivity contribution < 1.29 is 5.11 Å². The van der Waals surface area contributed by atoms with E-state index in [4.69, 9.17) is 0 Å². The van der Waals surface area contributed by atoms with Gasteiger partial charge < -0.3 is 10.0 Å². The summed E-state index contributed by atoms with van der Waals surface area (Å²) in [6.45, 7) is 7.32. The zero-order valence-corrected chi connectivity index (χ0v) is 10.6. The van der Waals surface area contributed by atoms with Crippen molar-refractivity contribution in [2.24, 2.45) is 4.99 Å². The summed E-state index contributed by atoms with van der Waals surface area (Å²) in [5.41, 5.74) is -1.42. The maximum Gasteiger partial charge on any atom is 0.328 e. The molecule has 0 amide bonds. The lowest BCUT2D eigenvalue weighted by Gasteiger charge is -2.15. The molecule has 18 heavy (non-hydrogen) atoms. The van der Waals surface area contributed by atoms with Crippen molar-refractivity contribution >= 4 is 6.21 Å². The van der Waals surface area contributed by atoms with E-state index in [2.05, 4.69) is 28.7 Å². The lowest BCUT2D eigenvalue weighted by Crippen LogP contribution is -2.26. The number of likely N-dealkylation sites (N-methyl/N-ethyl adjacent to an activating group) is 1. The van der Waals surface area contributed by atoms with Gasteiger partial charge in [0, 0.05) is 12.8 Å². The molecule has 1 heterocycles. The summed E-state index contributed by atoms with van der Waals surface area (Å²) < 4.78 is 0. The Labute approximate surface area is 104 Å². The molecule has 0 fully saturated rings. The fourth-order valence-corrected chi connectivity index (χ4v) is 1.50. The smallest absolute Gasteiger partial charge is 0.328 e. The van der Waals surface area contributed by atoms with Crippen molar-refractivity contribution in [2.75, 3.05) is 26.2 Å². The molecule has 1 aromatic rings. The maximum absolute atomic E-state index is 11.4. The summed E-state index contributed by atoms with van der Waals surface area (Å²) >= 11 is 0. The Bertz CT molecular complexity index is 514. The molecule has 0 aliphatic carbocycles. The molecule has 0 radical (unpaired) electrons. The Kier molecular flexibility index (Phi) is 5.31. The molecule has 0 atom stereocenters. The van der Waals surface area contributed by atoms with Crippen molar-refractivity contribution in [1.82, 2.24) is 14.9 Å². The van der Waals surface area contributed by atoms with Crippen LogP contribution in [0.15, 0.2) is 14.6 Å². The third-order valence-electron chi connectivity index (χ3n) is 2.62. The molecule has 0 aliphatic rings. The third-order valence-corrected chi connectivity index (χ3v) is 2.62. The zero-order chi connectivity index (χ0) is 13.5. The highest BCUT2D eigenvalue weighted by Gasteiger charge is 2.05. The number of nitrogens with zero attached hydrogens (tertiary/aromatic N) is 2. The number of hydrogen-bond acceptors (Lipinski definition) is 5. The first-order chi connectivity index (χ1) is 8.58. The van der Waals surface area contributed by atoms with Crippen LogP contribution in [0.25, 0.3) is 0 Å². The lowest BCUT2D eigenvalue weighted by molar-refractivity contribution is 0.313. The molecule has 0 spiro atoms. The number of aromatic amines is 2. The highest BCUT2D eigenvalue weighted by Crippen LogP contribution is 2.00. The normalized spacial score (nSPS) is 11.5. The van der Waals surface area contributed by atoms with E-state index in [9.17, 15) is 14.7 Å². The topological polar surface area (TPSA) is 102 Å². The van der Waals surface area contributed by atoms with E-state index in [0.29, 0.717) is 6.54 Å². The molecule has 0 unspecified atom stereocenters. The van der Waals surface area contributed by atoms with Gasteiger partial charge in [0.1, 0.15) is 5.56 Å². The van der Waals surface area contributed by atoms with E-state index in [1.165, 1.54) is 6.21 Å². The van der Waals surface area contributed by atoms with Crippen LogP contribution in [0.1, 0.15) is 19.4 Å². The highest BCUT2D eigenvalue weighted by atomic mass is 16.3.